The van der Waals surface area contributed by atoms with Gasteiger partial charge in [0.15, 0.2) is 6.29 Å². The number of carbonyl (C=O) groups excluding carboxylic acids is 1. The average molecular weight is 253 g/mol. The third-order valence-electron chi connectivity index (χ3n) is 2.31. The zero-order chi connectivity index (χ0) is 13.4. The first-order valence-corrected chi connectivity index (χ1v) is 5.77. The molecule has 1 aromatic rings. The van der Waals surface area contributed by atoms with E-state index in [1.54, 1.807) is 27.2 Å². The SMILES string of the molecule is CCOC(=O)Cc1ccc(C=CC(OC)OC)[nH]1. The van der Waals surface area contributed by atoms with Crippen molar-refractivity contribution in [3.05, 3.63) is 29.6 Å². The van der Waals surface area contributed by atoms with Crippen LogP contribution in [0.15, 0.2) is 18.2 Å². The topological polar surface area (TPSA) is 60.6 Å². The Labute approximate surface area is 107 Å². The maximum Gasteiger partial charge on any atom is 0.311 e. The number of hydrogen-bond donors (Lipinski definition) is 1. The van der Waals surface area contributed by atoms with E-state index in [2.05, 4.69) is 4.98 Å². The van der Waals surface area contributed by atoms with Crippen molar-refractivity contribution in [1.82, 2.24) is 4.98 Å². The molecule has 18 heavy (non-hydrogen) atoms. The van der Waals surface area contributed by atoms with Crippen molar-refractivity contribution in [1.29, 1.82) is 0 Å². The van der Waals surface area contributed by atoms with Crippen LogP contribution in [0.3, 0.4) is 0 Å². The van der Waals surface area contributed by atoms with Crippen LogP contribution in [0.4, 0.5) is 0 Å². The number of carbonyl (C=O) groups is 1. The minimum absolute atomic E-state index is 0.235. The third-order valence-corrected chi connectivity index (χ3v) is 2.31. The number of aromatic amines is 1. The number of rotatable bonds is 7. The zero-order valence-corrected chi connectivity index (χ0v) is 10.9. The van der Waals surface area contributed by atoms with Crippen molar-refractivity contribution in [2.75, 3.05) is 20.8 Å². The largest absolute Gasteiger partial charge is 0.466 e. The van der Waals surface area contributed by atoms with E-state index >= 15 is 0 Å². The molecule has 0 saturated carbocycles. The molecule has 0 aromatic carbocycles. The van der Waals surface area contributed by atoms with Gasteiger partial charge in [-0.3, -0.25) is 4.79 Å². The zero-order valence-electron chi connectivity index (χ0n) is 10.9. The van der Waals surface area contributed by atoms with E-state index in [1.165, 1.54) is 0 Å². The first kappa shape index (κ1) is 14.5. The second-order valence-electron chi connectivity index (χ2n) is 3.62. The highest BCUT2D eigenvalue weighted by Crippen LogP contribution is 2.07. The summed E-state index contributed by atoms with van der Waals surface area (Å²) in [6.07, 6.45) is 3.49. The van der Waals surface area contributed by atoms with E-state index in [1.807, 2.05) is 18.2 Å². The number of H-pyrrole nitrogens is 1. The summed E-state index contributed by atoms with van der Waals surface area (Å²) in [5, 5.41) is 0. The van der Waals surface area contributed by atoms with E-state index in [0.29, 0.717) is 6.61 Å². The van der Waals surface area contributed by atoms with Crippen LogP contribution in [-0.4, -0.2) is 38.1 Å². The molecule has 5 nitrogen and oxygen atoms in total. The van der Waals surface area contributed by atoms with Crippen molar-refractivity contribution < 1.29 is 19.0 Å². The Kier molecular flexibility index (Phi) is 6.18. The lowest BCUT2D eigenvalue weighted by Crippen LogP contribution is -2.08. The second kappa shape index (κ2) is 7.68. The first-order valence-electron chi connectivity index (χ1n) is 5.77. The molecular weight excluding hydrogens is 234 g/mol. The highest BCUT2D eigenvalue weighted by Gasteiger charge is 2.05. The van der Waals surface area contributed by atoms with Crippen LogP contribution in [0.25, 0.3) is 6.08 Å². The number of nitrogens with one attached hydrogen (secondary N) is 1. The molecule has 0 unspecified atom stereocenters. The predicted octanol–water partition coefficient (Wildman–Crippen LogP) is 1.75. The lowest BCUT2D eigenvalue weighted by atomic mass is 10.3. The second-order valence-corrected chi connectivity index (χ2v) is 3.62. The number of esters is 1. The molecule has 0 bridgehead atoms. The van der Waals surface area contributed by atoms with Crippen LogP contribution < -0.4 is 0 Å². The molecule has 0 amide bonds. The fourth-order valence-electron chi connectivity index (χ4n) is 1.46. The molecule has 0 aliphatic heterocycles. The van der Waals surface area contributed by atoms with Gasteiger partial charge in [0, 0.05) is 25.6 Å². The summed E-state index contributed by atoms with van der Waals surface area (Å²) in [5.74, 6) is -0.235. The highest BCUT2D eigenvalue weighted by molar-refractivity contribution is 5.72. The smallest absolute Gasteiger partial charge is 0.311 e. The average Bonchev–Trinajstić information content (AvgIpc) is 2.78. The van der Waals surface area contributed by atoms with E-state index < -0.39 is 0 Å². The number of ether oxygens (including phenoxy) is 3. The van der Waals surface area contributed by atoms with E-state index in [0.717, 1.165) is 11.4 Å². The maximum atomic E-state index is 11.3. The molecule has 100 valence electrons. The summed E-state index contributed by atoms with van der Waals surface area (Å²) in [5.41, 5.74) is 1.70. The van der Waals surface area contributed by atoms with Gasteiger partial charge < -0.3 is 19.2 Å². The Morgan fingerprint density at radius 2 is 2.11 bits per heavy atom. The summed E-state index contributed by atoms with van der Waals surface area (Å²) in [6, 6.07) is 3.73. The van der Waals surface area contributed by atoms with Crippen LogP contribution in [0.5, 0.6) is 0 Å². The molecule has 0 aliphatic carbocycles. The molecular formula is C13H19NO4. The standard InChI is InChI=1S/C13H19NO4/c1-4-18-12(15)9-11-6-5-10(14-11)7-8-13(16-2)17-3/h5-8,13-14H,4,9H2,1-3H3. The molecule has 0 radical (unpaired) electrons. The summed E-state index contributed by atoms with van der Waals surface area (Å²) >= 11 is 0. The molecule has 1 aromatic heterocycles. The van der Waals surface area contributed by atoms with Crippen molar-refractivity contribution in [2.24, 2.45) is 0 Å². The van der Waals surface area contributed by atoms with Gasteiger partial charge in [-0.25, -0.2) is 0 Å². The summed E-state index contributed by atoms with van der Waals surface area (Å²) < 4.78 is 14.9. The van der Waals surface area contributed by atoms with Gasteiger partial charge in [0.1, 0.15) is 0 Å². The van der Waals surface area contributed by atoms with Crippen LogP contribution in [-0.2, 0) is 25.4 Å². The highest BCUT2D eigenvalue weighted by atomic mass is 16.7. The Bertz CT molecular complexity index is 393. The molecule has 0 spiro atoms. The van der Waals surface area contributed by atoms with Gasteiger partial charge in [0.25, 0.3) is 0 Å². The van der Waals surface area contributed by atoms with Gasteiger partial charge in [-0.05, 0) is 31.2 Å². The third kappa shape index (κ3) is 4.73. The van der Waals surface area contributed by atoms with Gasteiger partial charge in [0.2, 0.25) is 0 Å². The quantitative estimate of drug-likeness (QED) is 0.594. The molecule has 5 heteroatoms. The molecule has 1 rings (SSSR count). The van der Waals surface area contributed by atoms with Gasteiger partial charge in [-0.1, -0.05) is 0 Å². The molecule has 0 saturated heterocycles. The van der Waals surface area contributed by atoms with E-state index in [-0.39, 0.29) is 18.7 Å². The minimum atomic E-state index is -0.373. The van der Waals surface area contributed by atoms with Crippen LogP contribution in [0.1, 0.15) is 18.3 Å². The predicted molar refractivity (Wildman–Crippen MR) is 68.0 cm³/mol. The molecule has 1 heterocycles. The Morgan fingerprint density at radius 3 is 2.72 bits per heavy atom. The minimum Gasteiger partial charge on any atom is -0.466 e. The summed E-state index contributed by atoms with van der Waals surface area (Å²) in [7, 11) is 3.14. The normalized spacial score (nSPS) is 11.3. The monoisotopic (exact) mass is 253 g/mol. The Morgan fingerprint density at radius 1 is 1.39 bits per heavy atom. The lowest BCUT2D eigenvalue weighted by molar-refractivity contribution is -0.142. The van der Waals surface area contributed by atoms with Gasteiger partial charge in [-0.15, -0.1) is 0 Å². The number of methoxy groups -OCH3 is 2. The molecule has 1 N–H and O–H groups in total. The lowest BCUT2D eigenvalue weighted by Gasteiger charge is -2.06. The van der Waals surface area contributed by atoms with Crippen molar-refractivity contribution >= 4 is 12.0 Å². The number of aromatic nitrogens is 1. The number of hydrogen-bond acceptors (Lipinski definition) is 4. The van der Waals surface area contributed by atoms with Crippen molar-refractivity contribution in [3.8, 4) is 0 Å². The fraction of sp³-hybridized carbons (Fsp3) is 0.462. The summed E-state index contributed by atoms with van der Waals surface area (Å²) in [6.45, 7) is 2.19. The van der Waals surface area contributed by atoms with Gasteiger partial charge in [0.05, 0.1) is 13.0 Å². The van der Waals surface area contributed by atoms with Crippen molar-refractivity contribution in [2.45, 2.75) is 19.6 Å². The Balaban J connectivity index is 2.55. The molecule has 0 atom stereocenters. The van der Waals surface area contributed by atoms with Crippen molar-refractivity contribution in [3.63, 3.8) is 0 Å². The van der Waals surface area contributed by atoms with Crippen LogP contribution >= 0.6 is 0 Å². The van der Waals surface area contributed by atoms with E-state index in [9.17, 15) is 4.79 Å². The maximum absolute atomic E-state index is 11.3. The Hall–Kier alpha value is -1.59. The van der Waals surface area contributed by atoms with Crippen LogP contribution in [0, 0.1) is 0 Å². The van der Waals surface area contributed by atoms with Gasteiger partial charge in [-0.2, -0.15) is 0 Å². The van der Waals surface area contributed by atoms with Crippen LogP contribution in [0.2, 0.25) is 0 Å². The molecule has 0 aliphatic rings. The van der Waals surface area contributed by atoms with E-state index in [4.69, 9.17) is 14.2 Å². The first-order chi connectivity index (χ1) is 8.69. The summed E-state index contributed by atoms with van der Waals surface area (Å²) in [4.78, 5) is 14.4. The fourth-order valence-corrected chi connectivity index (χ4v) is 1.46. The van der Waals surface area contributed by atoms with Gasteiger partial charge >= 0.3 is 5.97 Å². The molecule has 0 fully saturated rings.